The first-order chi connectivity index (χ1) is 9.81. The van der Waals surface area contributed by atoms with Crippen LogP contribution in [0.4, 0.5) is 0 Å². The third-order valence-corrected chi connectivity index (χ3v) is 4.59. The maximum atomic E-state index is 5.79. The molecule has 0 saturated heterocycles. The van der Waals surface area contributed by atoms with Gasteiger partial charge in [-0.2, -0.15) is 4.98 Å². The van der Waals surface area contributed by atoms with E-state index in [1.54, 1.807) is 0 Å². The second-order valence-electron chi connectivity index (χ2n) is 6.04. The van der Waals surface area contributed by atoms with Gasteiger partial charge in [0.15, 0.2) is 0 Å². The number of rotatable bonds is 6. The molecule has 1 unspecified atom stereocenters. The van der Waals surface area contributed by atoms with Crippen molar-refractivity contribution in [3.63, 3.8) is 0 Å². The van der Waals surface area contributed by atoms with E-state index >= 15 is 0 Å². The van der Waals surface area contributed by atoms with Crippen LogP contribution in [0, 0.1) is 5.92 Å². The molecule has 112 valence electrons. The number of aromatic nitrogens is 2. The molecule has 1 heterocycles. The van der Waals surface area contributed by atoms with Crippen molar-refractivity contribution in [2.75, 3.05) is 13.7 Å². The van der Waals surface area contributed by atoms with Crippen LogP contribution in [0.25, 0.3) is 0 Å². The van der Waals surface area contributed by atoms with Gasteiger partial charge in [0.2, 0.25) is 11.7 Å². The topological polar surface area (TPSA) is 60.2 Å². The van der Waals surface area contributed by atoms with Crippen LogP contribution in [-0.2, 0) is 4.74 Å². The molecule has 2 saturated carbocycles. The minimum atomic E-state index is 0.0474. The Morgan fingerprint density at radius 1 is 1.25 bits per heavy atom. The zero-order valence-electron chi connectivity index (χ0n) is 12.5. The third kappa shape index (κ3) is 3.04. The van der Waals surface area contributed by atoms with Crippen LogP contribution in [0.2, 0.25) is 0 Å². The Kier molecular flexibility index (Phi) is 4.36. The molecular formula is C15H25N3O2. The Labute approximate surface area is 120 Å². The van der Waals surface area contributed by atoms with Crippen LogP contribution in [-0.4, -0.2) is 29.8 Å². The molecule has 0 aromatic carbocycles. The number of nitrogens with one attached hydrogen (secondary N) is 1. The molecule has 0 aliphatic heterocycles. The summed E-state index contributed by atoms with van der Waals surface area (Å²) in [6, 6.07) is 0.649. The largest absolute Gasteiger partial charge is 0.370 e. The molecule has 1 aromatic heterocycles. The molecule has 20 heavy (non-hydrogen) atoms. The molecule has 2 fully saturated rings. The predicted octanol–water partition coefficient (Wildman–Crippen LogP) is 2.80. The van der Waals surface area contributed by atoms with Crippen molar-refractivity contribution in [3.05, 3.63) is 11.7 Å². The molecule has 0 radical (unpaired) electrons. The average molecular weight is 279 g/mol. The summed E-state index contributed by atoms with van der Waals surface area (Å²) >= 11 is 0. The molecule has 2 aliphatic rings. The lowest BCUT2D eigenvalue weighted by atomic mass is 9.86. The van der Waals surface area contributed by atoms with Crippen LogP contribution in [0.15, 0.2) is 4.52 Å². The standard InChI is InChI=1S/C15H25N3O2/c1-3-19-13(10-4-5-10)14-17-15(20-18-14)11-6-8-12(16-2)9-7-11/h10-13,16H,3-9H2,1-2H3. The highest BCUT2D eigenvalue weighted by molar-refractivity contribution is 5.02. The molecular weight excluding hydrogens is 254 g/mol. The van der Waals surface area contributed by atoms with Gasteiger partial charge in [-0.1, -0.05) is 5.16 Å². The summed E-state index contributed by atoms with van der Waals surface area (Å²) in [6.07, 6.45) is 7.15. The van der Waals surface area contributed by atoms with E-state index < -0.39 is 0 Å². The fourth-order valence-corrected chi connectivity index (χ4v) is 3.16. The van der Waals surface area contributed by atoms with Gasteiger partial charge in [-0.15, -0.1) is 0 Å². The van der Waals surface area contributed by atoms with Crippen molar-refractivity contribution < 1.29 is 9.26 Å². The number of ether oxygens (including phenoxy) is 1. The van der Waals surface area contributed by atoms with E-state index in [-0.39, 0.29) is 6.10 Å². The zero-order valence-corrected chi connectivity index (χ0v) is 12.5. The first-order valence-corrected chi connectivity index (χ1v) is 7.94. The SMILES string of the molecule is CCOC(c1noc(C2CCC(NC)CC2)n1)C1CC1. The Balaban J connectivity index is 1.64. The molecule has 5 nitrogen and oxygen atoms in total. The number of hydrogen-bond acceptors (Lipinski definition) is 5. The predicted molar refractivity (Wildman–Crippen MR) is 75.4 cm³/mol. The molecule has 2 aliphatic carbocycles. The zero-order chi connectivity index (χ0) is 13.9. The Morgan fingerprint density at radius 3 is 2.60 bits per heavy atom. The average Bonchev–Trinajstić information content (AvgIpc) is 3.21. The van der Waals surface area contributed by atoms with Crippen LogP contribution >= 0.6 is 0 Å². The molecule has 0 bridgehead atoms. The van der Waals surface area contributed by atoms with Crippen LogP contribution in [0.1, 0.15) is 69.2 Å². The van der Waals surface area contributed by atoms with Gasteiger partial charge in [-0.05, 0) is 58.4 Å². The van der Waals surface area contributed by atoms with E-state index in [2.05, 4.69) is 15.5 Å². The highest BCUT2D eigenvalue weighted by Gasteiger charge is 2.37. The smallest absolute Gasteiger partial charge is 0.229 e. The maximum absolute atomic E-state index is 5.79. The quantitative estimate of drug-likeness (QED) is 0.867. The van der Waals surface area contributed by atoms with E-state index in [0.717, 1.165) is 24.6 Å². The van der Waals surface area contributed by atoms with Gasteiger partial charge >= 0.3 is 0 Å². The molecule has 1 aromatic rings. The summed E-state index contributed by atoms with van der Waals surface area (Å²) in [6.45, 7) is 2.73. The van der Waals surface area contributed by atoms with Crippen LogP contribution in [0.3, 0.4) is 0 Å². The van der Waals surface area contributed by atoms with Crippen molar-refractivity contribution in [3.8, 4) is 0 Å². The number of nitrogens with zero attached hydrogens (tertiary/aromatic N) is 2. The highest BCUT2D eigenvalue weighted by Crippen LogP contribution is 2.43. The summed E-state index contributed by atoms with van der Waals surface area (Å²) in [5.74, 6) is 2.61. The highest BCUT2D eigenvalue weighted by atomic mass is 16.5. The molecule has 0 amide bonds. The fourth-order valence-electron chi connectivity index (χ4n) is 3.16. The molecule has 3 rings (SSSR count). The van der Waals surface area contributed by atoms with Crippen LogP contribution < -0.4 is 5.32 Å². The summed E-state index contributed by atoms with van der Waals surface area (Å²) < 4.78 is 11.3. The van der Waals surface area contributed by atoms with Gasteiger partial charge in [0.05, 0.1) is 0 Å². The van der Waals surface area contributed by atoms with Crippen molar-refractivity contribution in [1.29, 1.82) is 0 Å². The van der Waals surface area contributed by atoms with E-state index in [1.807, 2.05) is 14.0 Å². The Hall–Kier alpha value is -0.940. The van der Waals surface area contributed by atoms with Crippen molar-refractivity contribution >= 4 is 0 Å². The second kappa shape index (κ2) is 6.22. The fraction of sp³-hybridized carbons (Fsp3) is 0.867. The van der Waals surface area contributed by atoms with Gasteiger partial charge < -0.3 is 14.6 Å². The van der Waals surface area contributed by atoms with E-state index in [0.29, 0.717) is 24.5 Å². The Morgan fingerprint density at radius 2 is 2.00 bits per heavy atom. The lowest BCUT2D eigenvalue weighted by Crippen LogP contribution is -2.29. The minimum absolute atomic E-state index is 0.0474. The summed E-state index contributed by atoms with van der Waals surface area (Å²) in [5.41, 5.74) is 0. The summed E-state index contributed by atoms with van der Waals surface area (Å²) in [4.78, 5) is 4.64. The molecule has 0 spiro atoms. The first-order valence-electron chi connectivity index (χ1n) is 7.94. The third-order valence-electron chi connectivity index (χ3n) is 4.59. The van der Waals surface area contributed by atoms with Crippen molar-refractivity contribution in [2.24, 2.45) is 5.92 Å². The van der Waals surface area contributed by atoms with Crippen molar-refractivity contribution in [2.45, 2.75) is 63.5 Å². The lowest BCUT2D eigenvalue weighted by molar-refractivity contribution is 0.0384. The van der Waals surface area contributed by atoms with Gasteiger partial charge in [0.1, 0.15) is 6.10 Å². The molecule has 1 atom stereocenters. The number of hydrogen-bond donors (Lipinski definition) is 1. The van der Waals surface area contributed by atoms with E-state index in [4.69, 9.17) is 9.26 Å². The Bertz CT molecular complexity index is 423. The monoisotopic (exact) mass is 279 g/mol. The maximum Gasteiger partial charge on any atom is 0.229 e. The summed E-state index contributed by atoms with van der Waals surface area (Å²) in [5, 5.41) is 7.54. The van der Waals surface area contributed by atoms with Gasteiger partial charge in [-0.25, -0.2) is 0 Å². The van der Waals surface area contributed by atoms with Gasteiger partial charge in [0, 0.05) is 18.6 Å². The normalized spacial score (nSPS) is 28.5. The summed E-state index contributed by atoms with van der Waals surface area (Å²) in [7, 11) is 2.04. The van der Waals surface area contributed by atoms with E-state index in [9.17, 15) is 0 Å². The van der Waals surface area contributed by atoms with Gasteiger partial charge in [-0.3, -0.25) is 0 Å². The van der Waals surface area contributed by atoms with E-state index in [1.165, 1.54) is 25.7 Å². The molecule has 5 heteroatoms. The van der Waals surface area contributed by atoms with Gasteiger partial charge in [0.25, 0.3) is 0 Å². The van der Waals surface area contributed by atoms with Crippen molar-refractivity contribution in [1.82, 2.24) is 15.5 Å². The minimum Gasteiger partial charge on any atom is -0.370 e. The van der Waals surface area contributed by atoms with Crippen LogP contribution in [0.5, 0.6) is 0 Å². The molecule has 1 N–H and O–H groups in total. The first kappa shape index (κ1) is 14.0. The second-order valence-corrected chi connectivity index (χ2v) is 6.04. The lowest BCUT2D eigenvalue weighted by Gasteiger charge is -2.25.